The molecule has 1 aromatic heterocycles. The van der Waals surface area contributed by atoms with Gasteiger partial charge in [0.2, 0.25) is 5.91 Å². The number of carbonyl (C=O) groups excluding carboxylic acids is 2. The van der Waals surface area contributed by atoms with Crippen LogP contribution >= 0.6 is 23.5 Å². The molecule has 1 fully saturated rings. The summed E-state index contributed by atoms with van der Waals surface area (Å²) in [5.74, 6) is -0.235. The molecule has 1 saturated heterocycles. The Balaban J connectivity index is 1.45. The second kappa shape index (κ2) is 10.7. The number of fused-ring (bicyclic) bond motifs is 1. The van der Waals surface area contributed by atoms with E-state index in [-0.39, 0.29) is 17.0 Å². The molecule has 2 N–H and O–H groups in total. The van der Waals surface area contributed by atoms with Gasteiger partial charge in [-0.1, -0.05) is 78.5 Å². The van der Waals surface area contributed by atoms with Crippen LogP contribution in [0.2, 0.25) is 0 Å². The van der Waals surface area contributed by atoms with Crippen LogP contribution in [-0.4, -0.2) is 38.9 Å². The van der Waals surface area contributed by atoms with Crippen molar-refractivity contribution in [3.63, 3.8) is 0 Å². The Morgan fingerprint density at radius 1 is 1.11 bits per heavy atom. The number of carbonyl (C=O) groups is 2. The van der Waals surface area contributed by atoms with Gasteiger partial charge in [0, 0.05) is 22.5 Å². The smallest absolute Gasteiger partial charge is 0.356 e. The lowest BCUT2D eigenvalue weighted by Gasteiger charge is -2.48. The van der Waals surface area contributed by atoms with Crippen LogP contribution in [0.25, 0.3) is 6.08 Å². The Morgan fingerprint density at radius 2 is 1.78 bits per heavy atom. The molecule has 2 aromatic carbocycles. The lowest BCUT2D eigenvalue weighted by molar-refractivity contribution is -0.152. The lowest BCUT2D eigenvalue weighted by Crippen LogP contribution is -2.68. The van der Waals surface area contributed by atoms with E-state index < -0.39 is 18.1 Å². The van der Waals surface area contributed by atoms with Gasteiger partial charge < -0.3 is 10.5 Å². The van der Waals surface area contributed by atoms with Gasteiger partial charge in [-0.05, 0) is 41.2 Å². The molecule has 6 nitrogen and oxygen atoms in total. The van der Waals surface area contributed by atoms with E-state index in [0.29, 0.717) is 5.75 Å². The van der Waals surface area contributed by atoms with E-state index >= 15 is 0 Å². The molecule has 3 aromatic rings. The summed E-state index contributed by atoms with van der Waals surface area (Å²) < 4.78 is 6.12. The summed E-state index contributed by atoms with van der Waals surface area (Å²) in [4.78, 5) is 33.0. The predicted molar refractivity (Wildman–Crippen MR) is 145 cm³/mol. The van der Waals surface area contributed by atoms with Gasteiger partial charge in [-0.25, -0.2) is 4.79 Å². The fourth-order valence-electron chi connectivity index (χ4n) is 4.09. The van der Waals surface area contributed by atoms with Crippen LogP contribution in [0.3, 0.4) is 0 Å². The van der Waals surface area contributed by atoms with Crippen LogP contribution in [0.5, 0.6) is 0 Å². The van der Waals surface area contributed by atoms with E-state index in [0.717, 1.165) is 27.3 Å². The third-order valence-corrected chi connectivity index (χ3v) is 8.38. The number of aromatic nitrogens is 1. The Morgan fingerprint density at radius 3 is 2.39 bits per heavy atom. The van der Waals surface area contributed by atoms with Crippen LogP contribution in [0, 0.1) is 6.92 Å². The highest BCUT2D eigenvalue weighted by Crippen LogP contribution is 2.44. The van der Waals surface area contributed by atoms with Crippen molar-refractivity contribution in [2.45, 2.75) is 24.4 Å². The number of esters is 1. The summed E-state index contributed by atoms with van der Waals surface area (Å²) in [5, 5.41) is 1.65. The Hall–Kier alpha value is -3.33. The van der Waals surface area contributed by atoms with Crippen LogP contribution in [0.1, 0.15) is 28.5 Å². The molecular formula is C28H25N3O3S2. The normalized spacial score (nSPS) is 19.4. The topological polar surface area (TPSA) is 85.5 Å². The molecule has 182 valence electrons. The second-order valence-electron chi connectivity index (χ2n) is 8.47. The molecule has 1 amide bonds. The van der Waals surface area contributed by atoms with E-state index in [1.807, 2.05) is 91.2 Å². The highest BCUT2D eigenvalue weighted by atomic mass is 32.2. The van der Waals surface area contributed by atoms with Crippen molar-refractivity contribution in [1.29, 1.82) is 0 Å². The molecule has 2 aliphatic heterocycles. The number of rotatable bonds is 7. The van der Waals surface area contributed by atoms with E-state index in [4.69, 9.17) is 10.5 Å². The Bertz CT molecular complexity index is 1270. The van der Waals surface area contributed by atoms with Gasteiger partial charge in [-0.15, -0.1) is 11.8 Å². The first-order chi connectivity index (χ1) is 17.5. The van der Waals surface area contributed by atoms with Crippen molar-refractivity contribution >= 4 is 41.5 Å². The number of β-lactam (4-membered cyclic amide) rings is 1. The quantitative estimate of drug-likeness (QED) is 0.355. The van der Waals surface area contributed by atoms with Crippen LogP contribution < -0.4 is 5.73 Å². The summed E-state index contributed by atoms with van der Waals surface area (Å²) >= 11 is 2.97. The SMILES string of the molecule is Cc1ccc(/C=C\SC2=C(C(=O)OC(c3ccccc3)c3ccccc3)N3C(=O)C(N)[C@@H]3SC2)cn1. The second-order valence-corrected chi connectivity index (χ2v) is 10.6. The van der Waals surface area contributed by atoms with Crippen molar-refractivity contribution in [2.75, 3.05) is 5.75 Å². The summed E-state index contributed by atoms with van der Waals surface area (Å²) in [7, 11) is 0. The molecule has 0 aliphatic carbocycles. The maximum absolute atomic E-state index is 13.7. The number of nitrogens with zero attached hydrogens (tertiary/aromatic N) is 2. The number of thioether (sulfide) groups is 2. The summed E-state index contributed by atoms with van der Waals surface area (Å²) in [6.45, 7) is 1.94. The molecular weight excluding hydrogens is 490 g/mol. The minimum atomic E-state index is -0.613. The fourth-order valence-corrected chi connectivity index (χ4v) is 6.39. The van der Waals surface area contributed by atoms with E-state index in [9.17, 15) is 9.59 Å². The van der Waals surface area contributed by atoms with Crippen molar-refractivity contribution in [1.82, 2.24) is 9.88 Å². The first-order valence-corrected chi connectivity index (χ1v) is 13.5. The third kappa shape index (κ3) is 4.97. The lowest BCUT2D eigenvalue weighted by atomic mass is 10.0. The summed E-state index contributed by atoms with van der Waals surface area (Å²) in [5.41, 5.74) is 9.92. The number of aryl methyl sites for hydroxylation is 1. The molecule has 2 aliphatic rings. The van der Waals surface area contributed by atoms with Crippen molar-refractivity contribution in [2.24, 2.45) is 5.73 Å². The highest BCUT2D eigenvalue weighted by Gasteiger charge is 2.52. The Kier molecular flexibility index (Phi) is 7.27. The number of ether oxygens (including phenoxy) is 1. The molecule has 0 saturated carbocycles. The number of amides is 1. The van der Waals surface area contributed by atoms with E-state index in [1.165, 1.54) is 16.7 Å². The maximum Gasteiger partial charge on any atom is 0.356 e. The van der Waals surface area contributed by atoms with Crippen molar-refractivity contribution in [3.05, 3.63) is 117 Å². The monoisotopic (exact) mass is 515 g/mol. The van der Waals surface area contributed by atoms with Gasteiger partial charge in [0.15, 0.2) is 6.10 Å². The molecule has 36 heavy (non-hydrogen) atoms. The first kappa shape index (κ1) is 24.4. The summed E-state index contributed by atoms with van der Waals surface area (Å²) in [6.07, 6.45) is 3.12. The van der Waals surface area contributed by atoms with Gasteiger partial charge >= 0.3 is 5.97 Å². The first-order valence-electron chi connectivity index (χ1n) is 11.5. The molecule has 5 rings (SSSR count). The van der Waals surface area contributed by atoms with Crippen LogP contribution in [-0.2, 0) is 14.3 Å². The maximum atomic E-state index is 13.7. The molecule has 1 unspecified atom stereocenters. The molecule has 0 bridgehead atoms. The highest BCUT2D eigenvalue weighted by molar-refractivity contribution is 8.08. The molecule has 3 heterocycles. The number of pyridine rings is 1. The number of hydrogen-bond donors (Lipinski definition) is 1. The molecule has 2 atom stereocenters. The molecule has 0 spiro atoms. The predicted octanol–water partition coefficient (Wildman–Crippen LogP) is 4.88. The van der Waals surface area contributed by atoms with Gasteiger partial charge in [0.1, 0.15) is 17.1 Å². The summed E-state index contributed by atoms with van der Waals surface area (Å²) in [6, 6.07) is 22.5. The van der Waals surface area contributed by atoms with Crippen LogP contribution in [0.15, 0.2) is 95.0 Å². The number of hydrogen-bond acceptors (Lipinski definition) is 7. The van der Waals surface area contributed by atoms with Gasteiger partial charge in [0.25, 0.3) is 0 Å². The van der Waals surface area contributed by atoms with Crippen molar-refractivity contribution < 1.29 is 14.3 Å². The van der Waals surface area contributed by atoms with Crippen LogP contribution in [0.4, 0.5) is 0 Å². The third-order valence-electron chi connectivity index (χ3n) is 6.00. The zero-order valence-corrected chi connectivity index (χ0v) is 21.2. The van der Waals surface area contributed by atoms with E-state index in [2.05, 4.69) is 4.98 Å². The average molecular weight is 516 g/mol. The standard InChI is InChI=1S/C28H25N3O3S2/c1-18-12-13-19(16-30-18)14-15-35-22-17-36-27-23(29)26(32)31(27)24(22)28(33)34-25(20-8-4-2-5-9-20)21-10-6-3-7-11-21/h2-16,23,25,27H,17,29H2,1H3/b15-14-/t23?,27-/m0/s1. The zero-order chi connectivity index (χ0) is 25.1. The average Bonchev–Trinajstić information content (AvgIpc) is 2.92. The minimum absolute atomic E-state index is 0.262. The Labute approximate surface area is 218 Å². The number of nitrogens with two attached hydrogens (primary N) is 1. The van der Waals surface area contributed by atoms with Gasteiger partial charge in [0.05, 0.1) is 0 Å². The minimum Gasteiger partial charge on any atom is -0.448 e. The number of benzene rings is 2. The molecule has 8 heteroatoms. The largest absolute Gasteiger partial charge is 0.448 e. The van der Waals surface area contributed by atoms with Gasteiger partial charge in [-0.2, -0.15) is 0 Å². The van der Waals surface area contributed by atoms with Crippen molar-refractivity contribution in [3.8, 4) is 0 Å². The zero-order valence-electron chi connectivity index (χ0n) is 19.6. The van der Waals surface area contributed by atoms with E-state index in [1.54, 1.807) is 18.0 Å². The van der Waals surface area contributed by atoms with Gasteiger partial charge in [-0.3, -0.25) is 14.7 Å². The fraction of sp³-hybridized carbons (Fsp3) is 0.179. The molecule has 0 radical (unpaired) electrons.